The number of hydrogen-bond donors (Lipinski definition) is 2. The molecule has 0 heterocycles. The van der Waals surface area contributed by atoms with Crippen LogP contribution >= 0.6 is 36.9 Å². The van der Waals surface area contributed by atoms with Crippen LogP contribution in [0.2, 0.25) is 5.02 Å². The van der Waals surface area contributed by atoms with E-state index in [-0.39, 0.29) is 0 Å². The van der Waals surface area contributed by atoms with E-state index >= 15 is 0 Å². The first kappa shape index (κ1) is 10.0. The number of hydrogen-bond acceptors (Lipinski definition) is 2. The molecular weight excluding hydrogens is 208 g/mol. The van der Waals surface area contributed by atoms with Crippen LogP contribution in [-0.4, -0.2) is 0 Å². The molecule has 0 N–H and O–H groups in total. The van der Waals surface area contributed by atoms with Gasteiger partial charge in [0.1, 0.15) is 0 Å². The molecule has 1 aromatic carbocycles. The highest BCUT2D eigenvalue weighted by Gasteiger charge is 1.97. The van der Waals surface area contributed by atoms with E-state index in [0.717, 1.165) is 20.4 Å². The lowest BCUT2D eigenvalue weighted by molar-refractivity contribution is 1.62. The molecule has 0 aliphatic carbocycles. The third-order valence-electron chi connectivity index (χ3n) is 1.46. The molecule has 64 valence electrons. The average Bonchev–Trinajstić information content (AvgIpc) is 2.04. The summed E-state index contributed by atoms with van der Waals surface area (Å²) in [7, 11) is 0. The van der Waals surface area contributed by atoms with Crippen molar-refractivity contribution in [2.45, 2.75) is 6.92 Å². The first-order valence-corrected chi connectivity index (χ1v) is 4.73. The number of thiol groups is 2. The molecule has 0 saturated carbocycles. The Morgan fingerprint density at radius 3 is 2.08 bits per heavy atom. The summed E-state index contributed by atoms with van der Waals surface area (Å²) in [6.07, 6.45) is 0. The molecular formula is C9H9ClS2. The quantitative estimate of drug-likeness (QED) is 0.654. The van der Waals surface area contributed by atoms with E-state index in [1.54, 1.807) is 0 Å². The summed E-state index contributed by atoms with van der Waals surface area (Å²) in [5, 5.41) is 0.733. The Hall–Kier alpha value is -0.0500. The van der Waals surface area contributed by atoms with Crippen molar-refractivity contribution in [3.8, 4) is 0 Å². The molecule has 0 atom stereocenters. The van der Waals surface area contributed by atoms with Gasteiger partial charge in [0.2, 0.25) is 0 Å². The highest BCUT2D eigenvalue weighted by atomic mass is 35.5. The zero-order chi connectivity index (χ0) is 9.14. The van der Waals surface area contributed by atoms with E-state index < -0.39 is 0 Å². The van der Waals surface area contributed by atoms with Gasteiger partial charge in [-0.2, -0.15) is 0 Å². The zero-order valence-electron chi connectivity index (χ0n) is 6.58. The van der Waals surface area contributed by atoms with Crippen LogP contribution in [0, 0.1) is 0 Å². The molecule has 0 unspecified atom stereocenters. The van der Waals surface area contributed by atoms with Gasteiger partial charge in [-0.1, -0.05) is 23.7 Å². The Labute approximate surface area is 88.5 Å². The molecule has 3 heteroatoms. The maximum atomic E-state index is 5.74. The molecule has 1 rings (SSSR count). The number of allylic oxidation sites excluding steroid dienone is 1. The maximum absolute atomic E-state index is 5.74. The Morgan fingerprint density at radius 2 is 1.67 bits per heavy atom. The van der Waals surface area contributed by atoms with Crippen LogP contribution in [0.1, 0.15) is 12.5 Å². The van der Waals surface area contributed by atoms with Gasteiger partial charge in [-0.15, -0.1) is 25.3 Å². The van der Waals surface area contributed by atoms with Crippen molar-refractivity contribution in [3.05, 3.63) is 39.8 Å². The van der Waals surface area contributed by atoms with E-state index in [1.165, 1.54) is 0 Å². The Bertz CT molecular complexity index is 297. The topological polar surface area (TPSA) is 0 Å². The lowest BCUT2D eigenvalue weighted by atomic mass is 10.2. The number of benzene rings is 1. The third-order valence-corrected chi connectivity index (χ3v) is 2.71. The molecule has 0 aliphatic rings. The van der Waals surface area contributed by atoms with Gasteiger partial charge in [0.15, 0.2) is 0 Å². The summed E-state index contributed by atoms with van der Waals surface area (Å²) >= 11 is 14.2. The summed E-state index contributed by atoms with van der Waals surface area (Å²) < 4.78 is 0. The molecule has 0 saturated heterocycles. The second-order valence-electron chi connectivity index (χ2n) is 2.44. The van der Waals surface area contributed by atoms with Crippen molar-refractivity contribution in [1.29, 1.82) is 0 Å². The van der Waals surface area contributed by atoms with Crippen LogP contribution in [-0.2, 0) is 0 Å². The van der Waals surface area contributed by atoms with Crippen molar-refractivity contribution >= 4 is 41.8 Å². The van der Waals surface area contributed by atoms with E-state index in [4.69, 9.17) is 11.6 Å². The van der Waals surface area contributed by atoms with Gasteiger partial charge in [-0.25, -0.2) is 0 Å². The summed E-state index contributed by atoms with van der Waals surface area (Å²) in [5.74, 6) is 0. The number of halogens is 1. The molecule has 0 nitrogen and oxygen atoms in total. The highest BCUT2D eigenvalue weighted by molar-refractivity contribution is 7.93. The fourth-order valence-corrected chi connectivity index (χ4v) is 1.22. The molecule has 0 bridgehead atoms. The minimum atomic E-state index is 0.733. The molecule has 0 aromatic heterocycles. The predicted molar refractivity (Wildman–Crippen MR) is 62.0 cm³/mol. The van der Waals surface area contributed by atoms with Crippen LogP contribution in [0.5, 0.6) is 0 Å². The van der Waals surface area contributed by atoms with Gasteiger partial charge in [-0.3, -0.25) is 0 Å². The summed E-state index contributed by atoms with van der Waals surface area (Å²) in [6, 6.07) is 7.52. The number of rotatable bonds is 1. The van der Waals surface area contributed by atoms with Crippen molar-refractivity contribution in [2.24, 2.45) is 0 Å². The molecule has 0 radical (unpaired) electrons. The molecule has 12 heavy (non-hydrogen) atoms. The fourth-order valence-electron chi connectivity index (χ4n) is 0.817. The largest absolute Gasteiger partial charge is 0.147 e. The van der Waals surface area contributed by atoms with Crippen molar-refractivity contribution in [3.63, 3.8) is 0 Å². The molecule has 0 spiro atoms. The van der Waals surface area contributed by atoms with Gasteiger partial charge < -0.3 is 0 Å². The SMILES string of the molecule is C/C(S)=C(/S)c1ccc(Cl)cc1. The smallest absolute Gasteiger partial charge is 0.0406 e. The summed E-state index contributed by atoms with van der Waals surface area (Å²) in [4.78, 5) is 1.79. The minimum absolute atomic E-state index is 0.733. The monoisotopic (exact) mass is 216 g/mol. The maximum Gasteiger partial charge on any atom is 0.0406 e. The molecule has 0 aliphatic heterocycles. The Kier molecular flexibility index (Phi) is 3.56. The minimum Gasteiger partial charge on any atom is -0.147 e. The summed E-state index contributed by atoms with van der Waals surface area (Å²) in [6.45, 7) is 1.90. The van der Waals surface area contributed by atoms with E-state index in [1.807, 2.05) is 31.2 Å². The summed E-state index contributed by atoms with van der Waals surface area (Å²) in [5.41, 5.74) is 1.04. The van der Waals surface area contributed by atoms with Crippen LogP contribution in [0.25, 0.3) is 4.91 Å². The molecule has 1 aromatic rings. The molecule has 0 amide bonds. The van der Waals surface area contributed by atoms with Crippen molar-refractivity contribution < 1.29 is 0 Å². The van der Waals surface area contributed by atoms with Crippen molar-refractivity contribution in [2.75, 3.05) is 0 Å². The Morgan fingerprint density at radius 1 is 1.17 bits per heavy atom. The van der Waals surface area contributed by atoms with Crippen LogP contribution < -0.4 is 0 Å². The fraction of sp³-hybridized carbons (Fsp3) is 0.111. The van der Waals surface area contributed by atoms with Crippen LogP contribution in [0.15, 0.2) is 29.2 Å². The Balaban J connectivity index is 3.06. The second-order valence-corrected chi connectivity index (χ2v) is 4.00. The highest BCUT2D eigenvalue weighted by Crippen LogP contribution is 2.25. The second kappa shape index (κ2) is 4.26. The standard InChI is InChI=1S/C9H9ClS2/c1-6(11)9(12)7-2-4-8(10)5-3-7/h2-5,11-12H,1H3/b9-6-. The average molecular weight is 217 g/mol. The third kappa shape index (κ3) is 2.47. The predicted octanol–water partition coefficient (Wildman–Crippen LogP) is 3.89. The van der Waals surface area contributed by atoms with Gasteiger partial charge in [0.05, 0.1) is 0 Å². The van der Waals surface area contributed by atoms with Crippen LogP contribution in [0.4, 0.5) is 0 Å². The van der Waals surface area contributed by atoms with E-state index in [0.29, 0.717) is 0 Å². The van der Waals surface area contributed by atoms with Crippen LogP contribution in [0.3, 0.4) is 0 Å². The van der Waals surface area contributed by atoms with Gasteiger partial charge in [-0.05, 0) is 29.5 Å². The van der Waals surface area contributed by atoms with Crippen molar-refractivity contribution in [1.82, 2.24) is 0 Å². The zero-order valence-corrected chi connectivity index (χ0v) is 9.13. The molecule has 0 fully saturated rings. The van der Waals surface area contributed by atoms with Gasteiger partial charge >= 0.3 is 0 Å². The van der Waals surface area contributed by atoms with E-state index in [2.05, 4.69) is 25.3 Å². The van der Waals surface area contributed by atoms with E-state index in [9.17, 15) is 0 Å². The first-order chi connectivity index (χ1) is 5.61. The lowest BCUT2D eigenvalue weighted by Crippen LogP contribution is -1.77. The van der Waals surface area contributed by atoms with Gasteiger partial charge in [0.25, 0.3) is 0 Å². The normalized spacial score (nSPS) is 12.7. The first-order valence-electron chi connectivity index (χ1n) is 3.46. The lowest BCUT2D eigenvalue weighted by Gasteiger charge is -2.01. The van der Waals surface area contributed by atoms with Gasteiger partial charge in [0, 0.05) is 9.93 Å².